The molecule has 4 nitrogen and oxygen atoms in total. The number of benzene rings is 2. The summed E-state index contributed by atoms with van der Waals surface area (Å²) in [6, 6.07) is 9.74. The summed E-state index contributed by atoms with van der Waals surface area (Å²) in [5.41, 5.74) is 1.96. The number of aryl methyl sites for hydroxylation is 2. The van der Waals surface area contributed by atoms with Crippen LogP contribution in [0.4, 0.5) is 4.39 Å². The van der Waals surface area contributed by atoms with Gasteiger partial charge in [0.2, 0.25) is 0 Å². The topological polar surface area (TPSA) is 43.6 Å². The number of fused-ring (bicyclic) bond motifs is 1. The third-order valence-electron chi connectivity index (χ3n) is 3.82. The van der Waals surface area contributed by atoms with Gasteiger partial charge in [-0.25, -0.2) is 4.39 Å². The number of hydrogen-bond acceptors (Lipinski definition) is 3. The summed E-state index contributed by atoms with van der Waals surface area (Å²) in [5.74, 6) is -0.420. The Kier molecular flexibility index (Phi) is 4.49. The Hall–Kier alpha value is -2.47. The van der Waals surface area contributed by atoms with E-state index in [1.54, 1.807) is 19.2 Å². The van der Waals surface area contributed by atoms with Crippen LogP contribution < -0.4 is 9.54 Å². The fraction of sp³-hybridized carbons (Fsp3) is 0.222. The Bertz CT molecular complexity index is 988. The summed E-state index contributed by atoms with van der Waals surface area (Å²) in [6.07, 6.45) is 0. The number of aromatic nitrogens is 1. The van der Waals surface area contributed by atoms with Gasteiger partial charge < -0.3 is 9.30 Å². The first-order valence-electron chi connectivity index (χ1n) is 7.57. The maximum absolute atomic E-state index is 13.8. The zero-order valence-electron chi connectivity index (χ0n) is 13.7. The number of carbonyl (C=O) groups is 1. The fourth-order valence-electron chi connectivity index (χ4n) is 2.60. The Balaban J connectivity index is 2.25. The van der Waals surface area contributed by atoms with E-state index in [9.17, 15) is 9.18 Å². The Labute approximate surface area is 142 Å². The van der Waals surface area contributed by atoms with Crippen LogP contribution in [0.5, 0.6) is 5.75 Å². The smallest absolute Gasteiger partial charge is 0.282 e. The van der Waals surface area contributed by atoms with Gasteiger partial charge in [-0.15, -0.1) is 0 Å². The third-order valence-corrected chi connectivity index (χ3v) is 5.04. The fourth-order valence-corrected chi connectivity index (χ4v) is 3.78. The van der Waals surface area contributed by atoms with Gasteiger partial charge >= 0.3 is 0 Å². The first-order chi connectivity index (χ1) is 11.6. The lowest BCUT2D eigenvalue weighted by molar-refractivity contribution is 0.0994. The van der Waals surface area contributed by atoms with E-state index in [-0.39, 0.29) is 5.56 Å². The number of methoxy groups -OCH3 is 1. The molecule has 0 fully saturated rings. The lowest BCUT2D eigenvalue weighted by Crippen LogP contribution is -2.16. The van der Waals surface area contributed by atoms with E-state index in [0.717, 1.165) is 21.5 Å². The molecule has 0 atom stereocenters. The molecule has 1 aromatic heterocycles. The van der Waals surface area contributed by atoms with Gasteiger partial charge in [-0.3, -0.25) is 4.79 Å². The molecule has 1 heterocycles. The summed E-state index contributed by atoms with van der Waals surface area (Å²) in [5, 5.41) is 0. The maximum atomic E-state index is 13.8. The zero-order valence-corrected chi connectivity index (χ0v) is 14.5. The lowest BCUT2D eigenvalue weighted by atomic mass is 10.2. The van der Waals surface area contributed by atoms with Crippen molar-refractivity contribution in [2.45, 2.75) is 20.4 Å². The first kappa shape index (κ1) is 16.4. The van der Waals surface area contributed by atoms with Crippen molar-refractivity contribution >= 4 is 27.5 Å². The van der Waals surface area contributed by atoms with Crippen LogP contribution in [-0.2, 0) is 6.54 Å². The Morgan fingerprint density at radius 2 is 2.04 bits per heavy atom. The van der Waals surface area contributed by atoms with Gasteiger partial charge in [0.1, 0.15) is 17.1 Å². The number of hydrogen-bond donors (Lipinski definition) is 0. The highest BCUT2D eigenvalue weighted by Gasteiger charge is 2.15. The number of halogens is 1. The van der Waals surface area contributed by atoms with Gasteiger partial charge in [-0.05, 0) is 37.6 Å². The molecule has 24 heavy (non-hydrogen) atoms. The molecular formula is C18H17FN2O2S. The van der Waals surface area contributed by atoms with Gasteiger partial charge in [0, 0.05) is 6.54 Å². The second kappa shape index (κ2) is 6.57. The number of thiazole rings is 1. The quantitative estimate of drug-likeness (QED) is 0.723. The predicted molar refractivity (Wildman–Crippen MR) is 93.1 cm³/mol. The minimum Gasteiger partial charge on any atom is -0.495 e. The van der Waals surface area contributed by atoms with Gasteiger partial charge in [-0.2, -0.15) is 4.99 Å². The maximum Gasteiger partial charge on any atom is 0.282 e. The van der Waals surface area contributed by atoms with Crippen molar-refractivity contribution in [1.29, 1.82) is 0 Å². The third kappa shape index (κ3) is 2.73. The van der Waals surface area contributed by atoms with Crippen LogP contribution in [0.3, 0.4) is 0 Å². The molecule has 0 aliphatic carbocycles. The molecule has 0 aliphatic rings. The summed E-state index contributed by atoms with van der Waals surface area (Å²) in [6.45, 7) is 4.60. The molecule has 0 bridgehead atoms. The van der Waals surface area contributed by atoms with E-state index in [4.69, 9.17) is 4.74 Å². The molecule has 2 aromatic carbocycles. The van der Waals surface area contributed by atoms with E-state index in [0.29, 0.717) is 11.3 Å². The molecule has 6 heteroatoms. The average molecular weight is 344 g/mol. The predicted octanol–water partition coefficient (Wildman–Crippen LogP) is 3.92. The van der Waals surface area contributed by atoms with Crippen molar-refractivity contribution in [2.75, 3.05) is 7.11 Å². The summed E-state index contributed by atoms with van der Waals surface area (Å²) >= 11 is 1.41. The normalized spacial score (nSPS) is 11.9. The molecule has 0 N–H and O–H groups in total. The summed E-state index contributed by atoms with van der Waals surface area (Å²) < 4.78 is 22.2. The van der Waals surface area contributed by atoms with Crippen molar-refractivity contribution in [3.63, 3.8) is 0 Å². The SMILES string of the molecule is CCn1c(=NC(=O)c2ccccc2F)sc2c(C)ccc(OC)c21. The van der Waals surface area contributed by atoms with Gasteiger partial charge in [0.05, 0.1) is 17.4 Å². The van der Waals surface area contributed by atoms with Crippen LogP contribution in [0.25, 0.3) is 10.2 Å². The van der Waals surface area contributed by atoms with E-state index < -0.39 is 11.7 Å². The minimum atomic E-state index is -0.585. The van der Waals surface area contributed by atoms with E-state index in [2.05, 4.69) is 4.99 Å². The van der Waals surface area contributed by atoms with Gasteiger partial charge in [0.15, 0.2) is 4.80 Å². The highest BCUT2D eigenvalue weighted by molar-refractivity contribution is 7.16. The molecule has 0 radical (unpaired) electrons. The molecule has 0 spiro atoms. The number of rotatable bonds is 3. The van der Waals surface area contributed by atoms with Crippen molar-refractivity contribution in [1.82, 2.24) is 4.57 Å². The molecule has 0 saturated carbocycles. The van der Waals surface area contributed by atoms with Crippen LogP contribution in [0.1, 0.15) is 22.8 Å². The number of carbonyl (C=O) groups excluding carboxylic acids is 1. The summed E-state index contributed by atoms with van der Waals surface area (Å²) in [4.78, 5) is 17.1. The standard InChI is InChI=1S/C18H17FN2O2S/c1-4-21-15-14(23-3)10-9-11(2)16(15)24-18(21)20-17(22)12-7-5-6-8-13(12)19/h5-10H,4H2,1-3H3. The highest BCUT2D eigenvalue weighted by Crippen LogP contribution is 2.30. The Morgan fingerprint density at radius 3 is 2.71 bits per heavy atom. The molecule has 0 unspecified atom stereocenters. The van der Waals surface area contributed by atoms with Crippen LogP contribution in [0.15, 0.2) is 41.4 Å². The molecule has 3 aromatic rings. The van der Waals surface area contributed by atoms with Crippen LogP contribution in [0.2, 0.25) is 0 Å². The monoisotopic (exact) mass is 344 g/mol. The minimum absolute atomic E-state index is 0.0266. The second-order valence-electron chi connectivity index (χ2n) is 5.29. The largest absolute Gasteiger partial charge is 0.495 e. The zero-order chi connectivity index (χ0) is 17.3. The average Bonchev–Trinajstić information content (AvgIpc) is 2.94. The molecule has 1 amide bonds. The Morgan fingerprint density at radius 1 is 1.29 bits per heavy atom. The lowest BCUT2D eigenvalue weighted by Gasteiger charge is -2.07. The first-order valence-corrected chi connectivity index (χ1v) is 8.39. The number of nitrogens with zero attached hydrogens (tertiary/aromatic N) is 2. The van der Waals surface area contributed by atoms with Crippen molar-refractivity contribution in [3.8, 4) is 5.75 Å². The molecular weight excluding hydrogens is 327 g/mol. The summed E-state index contributed by atoms with van der Waals surface area (Å²) in [7, 11) is 1.61. The number of ether oxygens (including phenoxy) is 1. The van der Waals surface area contributed by atoms with E-state index >= 15 is 0 Å². The van der Waals surface area contributed by atoms with Crippen LogP contribution in [-0.4, -0.2) is 17.6 Å². The molecule has 124 valence electrons. The highest BCUT2D eigenvalue weighted by atomic mass is 32.1. The van der Waals surface area contributed by atoms with Crippen molar-refractivity contribution in [2.24, 2.45) is 4.99 Å². The van der Waals surface area contributed by atoms with Crippen molar-refractivity contribution < 1.29 is 13.9 Å². The van der Waals surface area contributed by atoms with Crippen LogP contribution >= 0.6 is 11.3 Å². The molecule has 0 aliphatic heterocycles. The van der Waals surface area contributed by atoms with E-state index in [1.807, 2.05) is 30.5 Å². The molecule has 0 saturated heterocycles. The van der Waals surface area contributed by atoms with Crippen LogP contribution in [0, 0.1) is 12.7 Å². The number of amides is 1. The van der Waals surface area contributed by atoms with Crippen molar-refractivity contribution in [3.05, 3.63) is 58.1 Å². The second-order valence-corrected chi connectivity index (χ2v) is 6.27. The van der Waals surface area contributed by atoms with E-state index in [1.165, 1.54) is 23.5 Å². The van der Waals surface area contributed by atoms with Gasteiger partial charge in [0.25, 0.3) is 5.91 Å². The molecule has 3 rings (SSSR count). The van der Waals surface area contributed by atoms with Gasteiger partial charge in [-0.1, -0.05) is 29.5 Å².